The average molecular weight is 376 g/mol. The molecule has 0 radical (unpaired) electrons. The largest absolute Gasteiger partial charge is 0.324 e. The fraction of sp³-hybridized carbons (Fsp3) is 0.100. The number of fused-ring (bicyclic) bond motifs is 1. The van der Waals surface area contributed by atoms with Crippen LogP contribution in [0, 0.1) is 11.3 Å². The molecule has 0 saturated heterocycles. The summed E-state index contributed by atoms with van der Waals surface area (Å²) in [6.07, 6.45) is 1.62. The lowest BCUT2D eigenvalue weighted by atomic mass is 10.2. The Labute approximate surface area is 160 Å². The molecule has 1 aromatic heterocycles. The van der Waals surface area contributed by atoms with E-state index in [0.29, 0.717) is 33.9 Å². The van der Waals surface area contributed by atoms with Crippen LogP contribution in [0.3, 0.4) is 0 Å². The summed E-state index contributed by atoms with van der Waals surface area (Å²) >= 11 is 1.17. The Morgan fingerprint density at radius 1 is 1.26 bits per heavy atom. The molecular weight excluding hydrogens is 360 g/mol. The first-order valence-corrected chi connectivity index (χ1v) is 9.15. The van der Waals surface area contributed by atoms with Gasteiger partial charge in [-0.15, -0.1) is 6.58 Å². The van der Waals surface area contributed by atoms with Crippen LogP contribution in [-0.4, -0.2) is 21.2 Å². The van der Waals surface area contributed by atoms with Crippen LogP contribution >= 0.6 is 11.8 Å². The second-order valence-electron chi connectivity index (χ2n) is 5.61. The molecule has 0 bridgehead atoms. The number of para-hydroxylation sites is 2. The van der Waals surface area contributed by atoms with Crippen molar-refractivity contribution in [1.29, 1.82) is 5.26 Å². The second-order valence-corrected chi connectivity index (χ2v) is 6.55. The van der Waals surface area contributed by atoms with Crippen molar-refractivity contribution in [2.45, 2.75) is 11.7 Å². The van der Waals surface area contributed by atoms with E-state index in [1.807, 2.05) is 12.1 Å². The molecule has 134 valence electrons. The molecule has 6 nitrogen and oxygen atoms in total. The van der Waals surface area contributed by atoms with Gasteiger partial charge in [0.15, 0.2) is 5.16 Å². The average Bonchev–Trinajstić information content (AvgIpc) is 2.69. The van der Waals surface area contributed by atoms with Crippen LogP contribution in [0.2, 0.25) is 0 Å². The molecule has 0 aliphatic heterocycles. The summed E-state index contributed by atoms with van der Waals surface area (Å²) in [5.41, 5.74) is 1.27. The number of nitriles is 1. The zero-order valence-corrected chi connectivity index (χ0v) is 15.2. The summed E-state index contributed by atoms with van der Waals surface area (Å²) in [7, 11) is 0. The molecule has 3 aromatic rings. The number of nitrogens with one attached hydrogen (secondary N) is 1. The van der Waals surface area contributed by atoms with Crippen LogP contribution in [0.5, 0.6) is 0 Å². The van der Waals surface area contributed by atoms with Crippen LogP contribution < -0.4 is 10.9 Å². The van der Waals surface area contributed by atoms with Gasteiger partial charge in [-0.05, 0) is 24.3 Å². The number of aromatic nitrogens is 2. The van der Waals surface area contributed by atoms with E-state index in [1.54, 1.807) is 48.5 Å². The highest BCUT2D eigenvalue weighted by Gasteiger charge is 2.13. The third-order valence-corrected chi connectivity index (χ3v) is 4.77. The number of carbonyl (C=O) groups is 1. The third kappa shape index (κ3) is 4.07. The highest BCUT2D eigenvalue weighted by atomic mass is 32.2. The molecule has 0 atom stereocenters. The van der Waals surface area contributed by atoms with Crippen molar-refractivity contribution in [2.75, 3.05) is 11.1 Å². The minimum Gasteiger partial charge on any atom is -0.324 e. The van der Waals surface area contributed by atoms with Gasteiger partial charge in [0.25, 0.3) is 5.56 Å². The van der Waals surface area contributed by atoms with Gasteiger partial charge < -0.3 is 5.32 Å². The van der Waals surface area contributed by atoms with Crippen LogP contribution in [0.1, 0.15) is 5.56 Å². The minimum absolute atomic E-state index is 0.0572. The van der Waals surface area contributed by atoms with Gasteiger partial charge in [-0.25, -0.2) is 4.98 Å². The number of benzene rings is 2. The highest BCUT2D eigenvalue weighted by molar-refractivity contribution is 7.99. The standard InChI is InChI=1S/C20H16N4O2S/c1-2-11-24-19(26)15-8-4-6-10-17(15)23-20(24)27-13-18(25)22-16-9-5-3-7-14(16)12-21/h2-10H,1,11,13H2,(H,22,25). The molecule has 2 aromatic carbocycles. The third-order valence-electron chi connectivity index (χ3n) is 3.79. The zero-order chi connectivity index (χ0) is 19.2. The highest BCUT2D eigenvalue weighted by Crippen LogP contribution is 2.19. The SMILES string of the molecule is C=CCn1c(SCC(=O)Nc2ccccc2C#N)nc2ccccc2c1=O. The van der Waals surface area contributed by atoms with E-state index in [9.17, 15) is 9.59 Å². The van der Waals surface area contributed by atoms with E-state index in [4.69, 9.17) is 5.26 Å². The van der Waals surface area contributed by atoms with E-state index >= 15 is 0 Å². The maximum atomic E-state index is 12.7. The van der Waals surface area contributed by atoms with E-state index in [0.717, 1.165) is 0 Å². The predicted molar refractivity (Wildman–Crippen MR) is 107 cm³/mol. The summed E-state index contributed by atoms with van der Waals surface area (Å²) in [6, 6.07) is 15.9. The summed E-state index contributed by atoms with van der Waals surface area (Å²) in [5.74, 6) is -0.225. The minimum atomic E-state index is -0.282. The fourth-order valence-electron chi connectivity index (χ4n) is 2.55. The van der Waals surface area contributed by atoms with Gasteiger partial charge in [-0.3, -0.25) is 14.2 Å². The van der Waals surface area contributed by atoms with Crippen molar-refractivity contribution in [3.63, 3.8) is 0 Å². The first-order valence-electron chi connectivity index (χ1n) is 8.16. The molecule has 1 amide bonds. The normalized spacial score (nSPS) is 10.3. The van der Waals surface area contributed by atoms with Gasteiger partial charge in [0.1, 0.15) is 6.07 Å². The van der Waals surface area contributed by atoms with Crippen LogP contribution in [0.4, 0.5) is 5.69 Å². The molecule has 0 aliphatic rings. The zero-order valence-electron chi connectivity index (χ0n) is 14.4. The van der Waals surface area contributed by atoms with Gasteiger partial charge in [-0.2, -0.15) is 5.26 Å². The fourth-order valence-corrected chi connectivity index (χ4v) is 3.36. The molecule has 0 fully saturated rings. The Kier molecular flexibility index (Phi) is 5.69. The molecular formula is C20H16N4O2S. The lowest BCUT2D eigenvalue weighted by molar-refractivity contribution is -0.113. The van der Waals surface area contributed by atoms with Crippen LogP contribution in [0.15, 0.2) is 71.1 Å². The quantitative estimate of drug-likeness (QED) is 0.405. The number of hydrogen-bond donors (Lipinski definition) is 1. The van der Waals surface area contributed by atoms with Crippen molar-refractivity contribution in [3.05, 3.63) is 77.1 Å². The monoisotopic (exact) mass is 376 g/mol. The van der Waals surface area contributed by atoms with Crippen molar-refractivity contribution < 1.29 is 4.79 Å². The summed E-state index contributed by atoms with van der Waals surface area (Å²) in [4.78, 5) is 29.5. The van der Waals surface area contributed by atoms with E-state index in [1.165, 1.54) is 16.3 Å². The Morgan fingerprint density at radius 3 is 2.78 bits per heavy atom. The number of rotatable bonds is 6. The Morgan fingerprint density at radius 2 is 2.00 bits per heavy atom. The van der Waals surface area contributed by atoms with Crippen LogP contribution in [0.25, 0.3) is 10.9 Å². The molecule has 1 N–H and O–H groups in total. The van der Waals surface area contributed by atoms with E-state index in [2.05, 4.69) is 16.9 Å². The Bertz CT molecular complexity index is 1110. The number of nitrogens with zero attached hydrogens (tertiary/aromatic N) is 3. The molecule has 3 rings (SSSR count). The second kappa shape index (κ2) is 8.34. The van der Waals surface area contributed by atoms with Crippen molar-refractivity contribution in [3.8, 4) is 6.07 Å². The topological polar surface area (TPSA) is 87.8 Å². The van der Waals surface area contributed by atoms with Gasteiger partial charge in [0.05, 0.1) is 27.9 Å². The summed E-state index contributed by atoms with van der Waals surface area (Å²) in [5, 5.41) is 12.8. The smallest absolute Gasteiger partial charge is 0.262 e. The number of hydrogen-bond acceptors (Lipinski definition) is 5. The van der Waals surface area contributed by atoms with Gasteiger partial charge in [0.2, 0.25) is 5.91 Å². The summed E-state index contributed by atoms with van der Waals surface area (Å²) < 4.78 is 1.50. The first-order chi connectivity index (χ1) is 13.1. The van der Waals surface area contributed by atoms with E-state index in [-0.39, 0.29) is 17.2 Å². The molecule has 0 spiro atoms. The van der Waals surface area contributed by atoms with Crippen molar-refractivity contribution >= 4 is 34.3 Å². The summed E-state index contributed by atoms with van der Waals surface area (Å²) in [6.45, 7) is 3.99. The Hall–Kier alpha value is -3.37. The predicted octanol–water partition coefficient (Wildman–Crippen LogP) is 3.18. The van der Waals surface area contributed by atoms with E-state index < -0.39 is 0 Å². The van der Waals surface area contributed by atoms with Gasteiger partial charge >= 0.3 is 0 Å². The lowest BCUT2D eigenvalue weighted by Gasteiger charge is -2.11. The van der Waals surface area contributed by atoms with Crippen molar-refractivity contribution in [2.24, 2.45) is 0 Å². The number of carbonyl (C=O) groups excluding carboxylic acids is 1. The van der Waals surface area contributed by atoms with Gasteiger partial charge in [-0.1, -0.05) is 42.1 Å². The number of amides is 1. The van der Waals surface area contributed by atoms with Crippen LogP contribution in [-0.2, 0) is 11.3 Å². The number of anilines is 1. The lowest BCUT2D eigenvalue weighted by Crippen LogP contribution is -2.23. The molecule has 7 heteroatoms. The number of allylic oxidation sites excluding steroid dienone is 1. The molecule has 27 heavy (non-hydrogen) atoms. The Balaban J connectivity index is 1.83. The molecule has 0 aliphatic carbocycles. The maximum Gasteiger partial charge on any atom is 0.262 e. The first kappa shape index (κ1) is 18.4. The van der Waals surface area contributed by atoms with Gasteiger partial charge in [0, 0.05) is 6.54 Å². The molecule has 0 unspecified atom stereocenters. The number of thioether (sulfide) groups is 1. The molecule has 1 heterocycles. The molecule has 0 saturated carbocycles. The maximum absolute atomic E-state index is 12.7. The van der Waals surface area contributed by atoms with Crippen molar-refractivity contribution in [1.82, 2.24) is 9.55 Å².